The molecule has 3 rings (SSSR count). The summed E-state index contributed by atoms with van der Waals surface area (Å²) < 4.78 is 39.8. The molecule has 0 radical (unpaired) electrons. The van der Waals surface area contributed by atoms with Crippen molar-refractivity contribution in [2.24, 2.45) is 11.8 Å². The fourth-order valence-corrected chi connectivity index (χ4v) is 6.43. The predicted octanol–water partition coefficient (Wildman–Crippen LogP) is 3.81. The number of hydrogen-bond donors (Lipinski definition) is 2. The molecule has 42 heavy (non-hydrogen) atoms. The highest BCUT2D eigenvalue weighted by atomic mass is 32.2. The third kappa shape index (κ3) is 9.93. The van der Waals surface area contributed by atoms with Crippen LogP contribution in [0.15, 0.2) is 46.9 Å². The number of hydrogen-bond acceptors (Lipinski definition) is 8. The van der Waals surface area contributed by atoms with Gasteiger partial charge in [0.1, 0.15) is 12.2 Å². The topological polar surface area (TPSA) is 125 Å². The van der Waals surface area contributed by atoms with E-state index in [1.54, 1.807) is 43.0 Å². The van der Waals surface area contributed by atoms with Crippen molar-refractivity contribution in [1.82, 2.24) is 14.5 Å². The Bertz CT molecular complexity index is 1240. The molecule has 0 aromatic heterocycles. The van der Waals surface area contributed by atoms with E-state index in [0.717, 1.165) is 13.1 Å². The quantitative estimate of drug-likeness (QED) is 0.371. The number of cyclic esters (lactones) is 1. The molecule has 1 fully saturated rings. The highest BCUT2D eigenvalue weighted by Crippen LogP contribution is 2.26. The van der Waals surface area contributed by atoms with Gasteiger partial charge in [0.25, 0.3) is 0 Å². The summed E-state index contributed by atoms with van der Waals surface area (Å²) in [4.78, 5) is 29.8. The van der Waals surface area contributed by atoms with Crippen molar-refractivity contribution >= 4 is 28.2 Å². The second kappa shape index (κ2) is 15.1. The third-order valence-electron chi connectivity index (χ3n) is 7.66. The number of ether oxygens (including phenoxy) is 2. The number of aliphatic hydroxyl groups excluding tert-OH is 1. The largest absolute Gasteiger partial charge is 0.457 e. The Morgan fingerprint density at radius 2 is 1.83 bits per heavy atom. The van der Waals surface area contributed by atoms with Crippen molar-refractivity contribution in [2.75, 3.05) is 33.2 Å². The Hall–Kier alpha value is -2.73. The first-order valence-electron chi connectivity index (χ1n) is 14.8. The summed E-state index contributed by atoms with van der Waals surface area (Å²) >= 11 is 0. The minimum absolute atomic E-state index is 0.0748. The van der Waals surface area contributed by atoms with Crippen molar-refractivity contribution in [3.63, 3.8) is 0 Å². The Kier molecular flexibility index (Phi) is 12.2. The van der Waals surface area contributed by atoms with E-state index in [4.69, 9.17) is 9.47 Å². The van der Waals surface area contributed by atoms with E-state index in [0.29, 0.717) is 37.1 Å². The first-order valence-corrected chi connectivity index (χ1v) is 16.2. The highest BCUT2D eigenvalue weighted by Gasteiger charge is 2.29. The predicted molar refractivity (Wildman–Crippen MR) is 162 cm³/mol. The van der Waals surface area contributed by atoms with Gasteiger partial charge in [0.2, 0.25) is 10.0 Å². The number of sulfonamides is 1. The minimum atomic E-state index is -3.68. The number of aliphatic hydroxyl groups is 1. The van der Waals surface area contributed by atoms with Crippen LogP contribution >= 0.6 is 0 Å². The van der Waals surface area contributed by atoms with Gasteiger partial charge < -0.3 is 24.4 Å². The molecule has 0 bridgehead atoms. The maximum atomic E-state index is 13.0. The van der Waals surface area contributed by atoms with Crippen LogP contribution in [0.2, 0.25) is 0 Å². The maximum Gasteiger partial charge on any atom is 0.410 e. The highest BCUT2D eigenvalue weighted by molar-refractivity contribution is 7.89. The number of nitrogens with zero attached hydrogens (tertiary/aromatic N) is 2. The number of benzene rings is 1. The molecule has 0 unspecified atom stereocenters. The van der Waals surface area contributed by atoms with Gasteiger partial charge >= 0.3 is 12.1 Å². The zero-order valence-corrected chi connectivity index (χ0v) is 26.5. The average Bonchev–Trinajstić information content (AvgIpc) is 2.91. The van der Waals surface area contributed by atoms with Crippen molar-refractivity contribution in [3.05, 3.63) is 47.6 Å². The summed E-state index contributed by atoms with van der Waals surface area (Å²) in [5, 5.41) is 10.6. The molecule has 1 saturated heterocycles. The van der Waals surface area contributed by atoms with E-state index < -0.39 is 34.3 Å². The van der Waals surface area contributed by atoms with Gasteiger partial charge in [-0.2, -0.15) is 0 Å². The van der Waals surface area contributed by atoms with Crippen LogP contribution in [-0.4, -0.2) is 93.0 Å². The van der Waals surface area contributed by atoms with E-state index in [9.17, 15) is 23.1 Å². The number of carbonyl (C=O) groups is 2. The summed E-state index contributed by atoms with van der Waals surface area (Å²) in [6, 6.07) is 6.31. The van der Waals surface area contributed by atoms with Crippen LogP contribution in [0.3, 0.4) is 0 Å². The number of rotatable bonds is 6. The van der Waals surface area contributed by atoms with Gasteiger partial charge in [-0.25, -0.2) is 17.9 Å². The van der Waals surface area contributed by atoms with Crippen LogP contribution in [0, 0.1) is 11.8 Å². The second-order valence-corrected chi connectivity index (χ2v) is 13.7. The first-order chi connectivity index (χ1) is 19.7. The van der Waals surface area contributed by atoms with Gasteiger partial charge in [0.15, 0.2) is 0 Å². The molecular formula is C31H47N3O7S. The molecule has 2 aliphatic rings. The first kappa shape index (κ1) is 33.8. The van der Waals surface area contributed by atoms with Gasteiger partial charge in [-0.05, 0) is 75.9 Å². The van der Waals surface area contributed by atoms with Gasteiger partial charge in [0.05, 0.1) is 17.4 Å². The summed E-state index contributed by atoms with van der Waals surface area (Å²) in [6.07, 6.45) is 3.92. The number of likely N-dealkylation sites (N-methyl/N-ethyl adjacent to an activating group) is 1. The van der Waals surface area contributed by atoms with Crippen LogP contribution < -0.4 is 4.72 Å². The van der Waals surface area contributed by atoms with Crippen LogP contribution in [0.5, 0.6) is 0 Å². The lowest BCUT2D eigenvalue weighted by Crippen LogP contribution is -2.48. The Morgan fingerprint density at radius 3 is 2.50 bits per heavy atom. The van der Waals surface area contributed by atoms with Crippen molar-refractivity contribution in [2.45, 2.75) is 83.1 Å². The minimum Gasteiger partial charge on any atom is -0.457 e. The lowest BCUT2D eigenvalue weighted by atomic mass is 9.91. The van der Waals surface area contributed by atoms with Crippen LogP contribution in [-0.2, 0) is 24.3 Å². The normalized spacial score (nSPS) is 28.0. The molecule has 1 aromatic rings. The van der Waals surface area contributed by atoms with E-state index in [1.807, 2.05) is 40.0 Å². The molecule has 1 aromatic carbocycles. The van der Waals surface area contributed by atoms with Gasteiger partial charge in [0, 0.05) is 38.1 Å². The van der Waals surface area contributed by atoms with E-state index >= 15 is 0 Å². The Labute approximate surface area is 250 Å². The molecule has 1 amide bonds. The molecule has 0 spiro atoms. The van der Waals surface area contributed by atoms with Crippen molar-refractivity contribution in [3.8, 4) is 0 Å². The number of nitrogens with one attached hydrogen (secondary N) is 1. The summed E-state index contributed by atoms with van der Waals surface area (Å²) in [6.45, 7) is 12.0. The molecule has 0 aliphatic carbocycles. The summed E-state index contributed by atoms with van der Waals surface area (Å²) in [7, 11) is -1.66. The Balaban J connectivity index is 1.87. The standard InChI is InChI=1S/C31H47N3O7S/c1-21(2)32-42(38,39)27-9-7-8-25(19-27)18-24(5)30-23(4)11-13-28(22(3)10-12-26(35)20-29(36)41-30)40-31(37)34-16-14-33(6)15-17-34/h7-9,11,13,18-19,21-23,26,28,30,32,35H,10,12,14-17,20H2,1-6H3/b13-11+,24-18+/t22-,23-,26+,28-,30-/m0/s1. The van der Waals surface area contributed by atoms with Gasteiger partial charge in [-0.15, -0.1) is 0 Å². The number of amides is 1. The van der Waals surface area contributed by atoms with E-state index in [2.05, 4.69) is 9.62 Å². The lowest BCUT2D eigenvalue weighted by molar-refractivity contribution is -0.151. The SMILES string of the molecule is C/C(=C\c1cccc(S(=O)(=O)NC(C)C)c1)[C@H]1OC(=O)C[C@H](O)CC[C@H](C)[C@@H](OC(=O)N2CCN(C)CC2)/C=C/[C@@H]1C. The number of piperazine rings is 1. The van der Waals surface area contributed by atoms with Crippen LogP contribution in [0.25, 0.3) is 6.08 Å². The average molecular weight is 606 g/mol. The van der Waals surface area contributed by atoms with Gasteiger partial charge in [-0.1, -0.05) is 38.1 Å². The molecule has 2 N–H and O–H groups in total. The molecule has 10 nitrogen and oxygen atoms in total. The summed E-state index contributed by atoms with van der Waals surface area (Å²) in [5.74, 6) is -0.883. The summed E-state index contributed by atoms with van der Waals surface area (Å²) in [5.41, 5.74) is 1.35. The van der Waals surface area contributed by atoms with Crippen molar-refractivity contribution in [1.29, 1.82) is 0 Å². The molecule has 2 heterocycles. The molecule has 0 saturated carbocycles. The second-order valence-electron chi connectivity index (χ2n) is 11.9. The lowest BCUT2D eigenvalue weighted by Gasteiger charge is -2.33. The zero-order chi connectivity index (χ0) is 31.0. The monoisotopic (exact) mass is 605 g/mol. The third-order valence-corrected chi connectivity index (χ3v) is 9.32. The number of esters is 1. The zero-order valence-electron chi connectivity index (χ0n) is 25.7. The van der Waals surface area contributed by atoms with Gasteiger partial charge in [-0.3, -0.25) is 4.79 Å². The molecule has 5 atom stereocenters. The number of carbonyl (C=O) groups excluding carboxylic acids is 2. The molecule has 234 valence electrons. The smallest absolute Gasteiger partial charge is 0.410 e. The molecular weight excluding hydrogens is 558 g/mol. The maximum absolute atomic E-state index is 13.0. The van der Waals surface area contributed by atoms with Crippen LogP contribution in [0.1, 0.15) is 59.4 Å². The fourth-order valence-electron chi connectivity index (χ4n) is 5.12. The fraction of sp³-hybridized carbons (Fsp3) is 0.613. The Morgan fingerprint density at radius 1 is 1.14 bits per heavy atom. The van der Waals surface area contributed by atoms with E-state index in [1.165, 1.54) is 6.07 Å². The van der Waals surface area contributed by atoms with Crippen LogP contribution in [0.4, 0.5) is 4.79 Å². The van der Waals surface area contributed by atoms with Crippen molar-refractivity contribution < 1.29 is 32.6 Å². The molecule has 11 heteroatoms. The van der Waals surface area contributed by atoms with E-state index in [-0.39, 0.29) is 35.3 Å². The molecule has 2 aliphatic heterocycles.